The molecule has 0 aliphatic carbocycles. The number of nitrogens with zero attached hydrogens (tertiary/aromatic N) is 3. The monoisotopic (exact) mass is 248 g/mol. The highest BCUT2D eigenvalue weighted by Crippen LogP contribution is 2.24. The molecule has 0 amide bonds. The molecule has 18 heavy (non-hydrogen) atoms. The highest BCUT2D eigenvalue weighted by molar-refractivity contribution is 5.37. The van der Waals surface area contributed by atoms with Crippen LogP contribution in [0, 0.1) is 5.92 Å². The Labute approximate surface area is 110 Å². The van der Waals surface area contributed by atoms with E-state index in [2.05, 4.69) is 28.1 Å². The van der Waals surface area contributed by atoms with Crippen LogP contribution in [-0.4, -0.2) is 23.3 Å². The highest BCUT2D eigenvalue weighted by Gasteiger charge is 2.17. The van der Waals surface area contributed by atoms with Crippen LogP contribution >= 0.6 is 0 Å². The molecule has 1 saturated heterocycles. The maximum absolute atomic E-state index is 5.54. The minimum Gasteiger partial charge on any atom is -0.355 e. The molecule has 1 atom stereocenters. The van der Waals surface area contributed by atoms with Gasteiger partial charge in [0.2, 0.25) is 0 Å². The summed E-state index contributed by atoms with van der Waals surface area (Å²) in [5.74, 6) is 1.90. The lowest BCUT2D eigenvalue weighted by Crippen LogP contribution is -2.25. The quantitative estimate of drug-likeness (QED) is 0.888. The summed E-state index contributed by atoms with van der Waals surface area (Å²) in [6.07, 6.45) is 6.58. The van der Waals surface area contributed by atoms with Crippen molar-refractivity contribution in [2.75, 3.05) is 18.0 Å². The Morgan fingerprint density at radius 3 is 2.83 bits per heavy atom. The second-order valence-electron chi connectivity index (χ2n) is 5.16. The number of hydrogen-bond donors (Lipinski definition) is 1. The molecule has 1 aromatic rings. The summed E-state index contributed by atoms with van der Waals surface area (Å²) in [6, 6.07) is 4.03. The lowest BCUT2D eigenvalue weighted by Gasteiger charge is -2.21. The van der Waals surface area contributed by atoms with Gasteiger partial charge in [-0.2, -0.15) is 5.10 Å². The van der Waals surface area contributed by atoms with Gasteiger partial charge in [0.15, 0.2) is 5.82 Å². The summed E-state index contributed by atoms with van der Waals surface area (Å²) < 4.78 is 0. The molecule has 4 heteroatoms. The molecule has 1 unspecified atom stereocenters. The predicted octanol–water partition coefficient (Wildman–Crippen LogP) is 2.34. The standard InChI is InChI=1S/C14H24N4/c1-2-4-12-5-3-9-18(10-8-12)14-7-6-13(11-15)16-17-14/h6-7,12H,2-5,8-11,15H2,1H3. The molecule has 1 fully saturated rings. The zero-order valence-electron chi connectivity index (χ0n) is 11.3. The molecule has 0 saturated carbocycles. The van der Waals surface area contributed by atoms with E-state index in [4.69, 9.17) is 5.73 Å². The molecule has 1 aromatic heterocycles. The summed E-state index contributed by atoms with van der Waals surface area (Å²) in [5, 5.41) is 8.42. The van der Waals surface area contributed by atoms with Crippen LogP contribution in [0.1, 0.15) is 44.7 Å². The minimum absolute atomic E-state index is 0.464. The molecule has 100 valence electrons. The Bertz CT molecular complexity index is 349. The maximum Gasteiger partial charge on any atom is 0.151 e. The average molecular weight is 248 g/mol. The SMILES string of the molecule is CCCC1CCCN(c2ccc(CN)nn2)CC1. The third-order valence-corrected chi connectivity index (χ3v) is 3.78. The Kier molecular flexibility index (Phi) is 4.93. The van der Waals surface area contributed by atoms with Gasteiger partial charge in [-0.25, -0.2) is 0 Å². The normalized spacial score (nSPS) is 20.8. The number of aromatic nitrogens is 2. The van der Waals surface area contributed by atoms with E-state index in [0.717, 1.165) is 30.5 Å². The molecule has 4 nitrogen and oxygen atoms in total. The van der Waals surface area contributed by atoms with E-state index in [1.165, 1.54) is 32.1 Å². The number of rotatable bonds is 4. The first kappa shape index (κ1) is 13.3. The van der Waals surface area contributed by atoms with E-state index >= 15 is 0 Å². The topological polar surface area (TPSA) is 55.0 Å². The van der Waals surface area contributed by atoms with Crippen molar-refractivity contribution >= 4 is 5.82 Å². The molecule has 0 radical (unpaired) electrons. The second-order valence-corrected chi connectivity index (χ2v) is 5.16. The number of nitrogens with two attached hydrogens (primary N) is 1. The van der Waals surface area contributed by atoms with E-state index in [0.29, 0.717) is 6.54 Å². The largest absolute Gasteiger partial charge is 0.355 e. The van der Waals surface area contributed by atoms with Crippen molar-refractivity contribution < 1.29 is 0 Å². The van der Waals surface area contributed by atoms with Crippen molar-refractivity contribution in [2.45, 2.75) is 45.6 Å². The van der Waals surface area contributed by atoms with Gasteiger partial charge in [0.1, 0.15) is 0 Å². The average Bonchev–Trinajstić information content (AvgIpc) is 2.65. The lowest BCUT2D eigenvalue weighted by atomic mass is 9.96. The van der Waals surface area contributed by atoms with Crippen molar-refractivity contribution in [3.05, 3.63) is 17.8 Å². The van der Waals surface area contributed by atoms with Crippen molar-refractivity contribution in [1.29, 1.82) is 0 Å². The summed E-state index contributed by atoms with van der Waals surface area (Å²) in [4.78, 5) is 2.36. The van der Waals surface area contributed by atoms with Gasteiger partial charge < -0.3 is 10.6 Å². The van der Waals surface area contributed by atoms with Crippen molar-refractivity contribution in [3.63, 3.8) is 0 Å². The molecule has 0 spiro atoms. The summed E-state index contributed by atoms with van der Waals surface area (Å²) in [7, 11) is 0. The number of hydrogen-bond acceptors (Lipinski definition) is 4. The Balaban J connectivity index is 1.96. The molecule has 1 aliphatic heterocycles. The molecular formula is C14H24N4. The summed E-state index contributed by atoms with van der Waals surface area (Å²) in [6.45, 7) is 4.96. The summed E-state index contributed by atoms with van der Waals surface area (Å²) in [5.41, 5.74) is 6.40. The van der Waals surface area contributed by atoms with Crippen LogP contribution in [0.3, 0.4) is 0 Å². The second kappa shape index (κ2) is 6.69. The first-order valence-corrected chi connectivity index (χ1v) is 7.11. The third-order valence-electron chi connectivity index (χ3n) is 3.78. The fourth-order valence-electron chi connectivity index (χ4n) is 2.72. The fourth-order valence-corrected chi connectivity index (χ4v) is 2.72. The van der Waals surface area contributed by atoms with Crippen LogP contribution in [0.25, 0.3) is 0 Å². The van der Waals surface area contributed by atoms with E-state index in [9.17, 15) is 0 Å². The van der Waals surface area contributed by atoms with Gasteiger partial charge in [-0.3, -0.25) is 0 Å². The van der Waals surface area contributed by atoms with E-state index in [1.807, 2.05) is 6.07 Å². The fraction of sp³-hybridized carbons (Fsp3) is 0.714. The van der Waals surface area contributed by atoms with E-state index < -0.39 is 0 Å². The summed E-state index contributed by atoms with van der Waals surface area (Å²) >= 11 is 0. The van der Waals surface area contributed by atoms with E-state index in [-0.39, 0.29) is 0 Å². The van der Waals surface area contributed by atoms with E-state index in [1.54, 1.807) is 0 Å². The smallest absolute Gasteiger partial charge is 0.151 e. The van der Waals surface area contributed by atoms with Crippen LogP contribution in [0.4, 0.5) is 5.82 Å². The Morgan fingerprint density at radius 2 is 2.17 bits per heavy atom. The molecule has 0 aromatic carbocycles. The van der Waals surface area contributed by atoms with Crippen LogP contribution in [-0.2, 0) is 6.54 Å². The van der Waals surface area contributed by atoms with Gasteiger partial charge in [0.05, 0.1) is 5.69 Å². The molecule has 2 rings (SSSR count). The molecule has 2 heterocycles. The molecule has 1 aliphatic rings. The van der Waals surface area contributed by atoms with Crippen LogP contribution in [0.2, 0.25) is 0 Å². The van der Waals surface area contributed by atoms with Gasteiger partial charge in [-0.1, -0.05) is 19.8 Å². The van der Waals surface area contributed by atoms with Gasteiger partial charge >= 0.3 is 0 Å². The predicted molar refractivity (Wildman–Crippen MR) is 74.4 cm³/mol. The van der Waals surface area contributed by atoms with Crippen molar-refractivity contribution in [1.82, 2.24) is 10.2 Å². The first-order valence-electron chi connectivity index (χ1n) is 7.11. The third kappa shape index (κ3) is 3.42. The van der Waals surface area contributed by atoms with Gasteiger partial charge in [0.25, 0.3) is 0 Å². The lowest BCUT2D eigenvalue weighted by molar-refractivity contribution is 0.435. The van der Waals surface area contributed by atoms with Crippen LogP contribution < -0.4 is 10.6 Å². The molecule has 0 bridgehead atoms. The Hall–Kier alpha value is -1.16. The van der Waals surface area contributed by atoms with Crippen molar-refractivity contribution in [3.8, 4) is 0 Å². The van der Waals surface area contributed by atoms with Gasteiger partial charge in [-0.15, -0.1) is 5.10 Å². The Morgan fingerprint density at radius 1 is 1.28 bits per heavy atom. The van der Waals surface area contributed by atoms with Crippen LogP contribution in [0.5, 0.6) is 0 Å². The molecular weight excluding hydrogens is 224 g/mol. The van der Waals surface area contributed by atoms with Gasteiger partial charge in [-0.05, 0) is 37.3 Å². The first-order chi connectivity index (χ1) is 8.83. The van der Waals surface area contributed by atoms with Crippen molar-refractivity contribution in [2.24, 2.45) is 11.7 Å². The molecule has 2 N–H and O–H groups in total. The zero-order chi connectivity index (χ0) is 12.8. The van der Waals surface area contributed by atoms with Gasteiger partial charge in [0, 0.05) is 19.6 Å². The highest BCUT2D eigenvalue weighted by atomic mass is 15.3. The maximum atomic E-state index is 5.54. The van der Waals surface area contributed by atoms with Crippen LogP contribution in [0.15, 0.2) is 12.1 Å². The number of anilines is 1. The zero-order valence-corrected chi connectivity index (χ0v) is 11.3. The minimum atomic E-state index is 0.464.